The van der Waals surface area contributed by atoms with E-state index >= 15 is 0 Å². The lowest BCUT2D eigenvalue weighted by Gasteiger charge is -2.24. The molecule has 0 unspecified atom stereocenters. The molecule has 102 valence electrons. The summed E-state index contributed by atoms with van der Waals surface area (Å²) in [4.78, 5) is 0. The van der Waals surface area contributed by atoms with Gasteiger partial charge in [-0.05, 0) is 32.4 Å². The Balaban J connectivity index is 2.42. The Kier molecular flexibility index (Phi) is 4.31. The van der Waals surface area contributed by atoms with Gasteiger partial charge in [0.05, 0.1) is 5.33 Å². The molecule has 0 spiro atoms. The third-order valence-corrected chi connectivity index (χ3v) is 3.76. The Labute approximate surface area is 127 Å². The summed E-state index contributed by atoms with van der Waals surface area (Å²) >= 11 is 9.68. The van der Waals surface area contributed by atoms with Crippen LogP contribution in [0.15, 0.2) is 24.3 Å². The van der Waals surface area contributed by atoms with E-state index < -0.39 is 0 Å². The first-order valence-electron chi connectivity index (χ1n) is 6.16. The van der Waals surface area contributed by atoms with Crippen molar-refractivity contribution in [1.82, 2.24) is 14.8 Å². The maximum atomic E-state index is 6.21. The fourth-order valence-electron chi connectivity index (χ4n) is 2.14. The van der Waals surface area contributed by atoms with Gasteiger partial charge in [0.2, 0.25) is 0 Å². The van der Waals surface area contributed by atoms with Crippen LogP contribution in [0.5, 0.6) is 0 Å². The topological polar surface area (TPSA) is 30.7 Å². The predicted octanol–water partition coefficient (Wildman–Crippen LogP) is 4.17. The summed E-state index contributed by atoms with van der Waals surface area (Å²) in [6.07, 6.45) is 0.691. The van der Waals surface area contributed by atoms with Crippen LogP contribution in [-0.2, 0) is 17.3 Å². The summed E-state index contributed by atoms with van der Waals surface area (Å²) in [6, 6.07) is 7.85. The van der Waals surface area contributed by atoms with Crippen LogP contribution in [0.3, 0.4) is 0 Å². The first-order chi connectivity index (χ1) is 8.93. The van der Waals surface area contributed by atoms with Gasteiger partial charge in [0, 0.05) is 17.0 Å². The molecule has 1 heterocycles. The molecule has 0 aliphatic rings. The van der Waals surface area contributed by atoms with Gasteiger partial charge in [0.25, 0.3) is 0 Å². The van der Waals surface area contributed by atoms with E-state index in [1.807, 2.05) is 24.3 Å². The third kappa shape index (κ3) is 3.18. The molecule has 2 aromatic rings. The molecule has 0 aliphatic carbocycles. The molecule has 0 saturated carbocycles. The van der Waals surface area contributed by atoms with Crippen molar-refractivity contribution < 1.29 is 0 Å². The monoisotopic (exact) mass is 341 g/mol. The van der Waals surface area contributed by atoms with E-state index in [1.54, 1.807) is 0 Å². The molecule has 3 nitrogen and oxygen atoms in total. The van der Waals surface area contributed by atoms with Crippen molar-refractivity contribution >= 4 is 27.5 Å². The average Bonchev–Trinajstić information content (AvgIpc) is 2.75. The second-order valence-electron chi connectivity index (χ2n) is 5.44. The van der Waals surface area contributed by atoms with Crippen LogP contribution in [0.1, 0.15) is 38.0 Å². The lowest BCUT2D eigenvalue weighted by Crippen LogP contribution is -2.26. The predicted molar refractivity (Wildman–Crippen MR) is 81.9 cm³/mol. The summed E-state index contributed by atoms with van der Waals surface area (Å²) in [5.74, 6) is 1.88. The maximum Gasteiger partial charge on any atom is 0.144 e. The molecule has 0 fully saturated rings. The second kappa shape index (κ2) is 5.63. The van der Waals surface area contributed by atoms with Gasteiger partial charge in [0.15, 0.2) is 0 Å². The van der Waals surface area contributed by atoms with Gasteiger partial charge in [-0.15, -0.1) is 10.2 Å². The zero-order valence-electron chi connectivity index (χ0n) is 11.3. The van der Waals surface area contributed by atoms with Gasteiger partial charge < -0.3 is 4.57 Å². The molecule has 1 aromatic carbocycles. The van der Waals surface area contributed by atoms with Crippen molar-refractivity contribution in [1.29, 1.82) is 0 Å². The molecular formula is C14H17BrClN3. The Morgan fingerprint density at radius 2 is 1.79 bits per heavy atom. The standard InChI is InChI=1S/C14H17BrClN3/c1-14(2,3)19-12(17-18-13(19)9-15)8-10-6-4-5-7-11(10)16/h4-7H,8-9H2,1-3H3. The Morgan fingerprint density at radius 3 is 2.37 bits per heavy atom. The van der Waals surface area contributed by atoms with Gasteiger partial charge in [-0.1, -0.05) is 45.7 Å². The third-order valence-electron chi connectivity index (χ3n) is 2.89. The first kappa shape index (κ1) is 14.5. The summed E-state index contributed by atoms with van der Waals surface area (Å²) in [5, 5.41) is 10.0. The number of hydrogen-bond acceptors (Lipinski definition) is 2. The number of benzene rings is 1. The average molecular weight is 343 g/mol. The molecule has 0 aliphatic heterocycles. The minimum atomic E-state index is -0.0524. The zero-order valence-corrected chi connectivity index (χ0v) is 13.7. The highest BCUT2D eigenvalue weighted by atomic mass is 79.9. The highest BCUT2D eigenvalue weighted by molar-refractivity contribution is 9.08. The highest BCUT2D eigenvalue weighted by Gasteiger charge is 2.22. The SMILES string of the molecule is CC(C)(C)n1c(CBr)nnc1Cc1ccccc1Cl. The molecular weight excluding hydrogens is 326 g/mol. The zero-order chi connectivity index (χ0) is 14.0. The van der Waals surface area contributed by atoms with Crippen molar-refractivity contribution in [2.75, 3.05) is 0 Å². The molecule has 5 heteroatoms. The molecule has 2 rings (SSSR count). The number of halogens is 2. The van der Waals surface area contributed by atoms with Crippen LogP contribution in [0, 0.1) is 0 Å². The normalized spacial score (nSPS) is 11.8. The van der Waals surface area contributed by atoms with Gasteiger partial charge >= 0.3 is 0 Å². The van der Waals surface area contributed by atoms with E-state index in [4.69, 9.17) is 11.6 Å². The van der Waals surface area contributed by atoms with Crippen LogP contribution in [0.4, 0.5) is 0 Å². The lowest BCUT2D eigenvalue weighted by atomic mass is 10.1. The van der Waals surface area contributed by atoms with E-state index in [0.717, 1.165) is 22.2 Å². The summed E-state index contributed by atoms with van der Waals surface area (Å²) in [7, 11) is 0. The van der Waals surface area contributed by atoms with E-state index in [1.165, 1.54) is 0 Å². The molecule has 0 saturated heterocycles. The van der Waals surface area contributed by atoms with Crippen LogP contribution in [0.25, 0.3) is 0 Å². The van der Waals surface area contributed by atoms with Gasteiger partial charge in [-0.3, -0.25) is 0 Å². The van der Waals surface area contributed by atoms with Crippen molar-refractivity contribution in [3.63, 3.8) is 0 Å². The molecule has 0 bridgehead atoms. The van der Waals surface area contributed by atoms with Crippen LogP contribution < -0.4 is 0 Å². The van der Waals surface area contributed by atoms with Gasteiger partial charge in [-0.25, -0.2) is 0 Å². The summed E-state index contributed by atoms with van der Waals surface area (Å²) in [5.41, 5.74) is 1.02. The summed E-state index contributed by atoms with van der Waals surface area (Å²) < 4.78 is 2.17. The van der Waals surface area contributed by atoms with Crippen molar-refractivity contribution in [3.05, 3.63) is 46.5 Å². The Morgan fingerprint density at radius 1 is 1.16 bits per heavy atom. The van der Waals surface area contributed by atoms with E-state index in [2.05, 4.69) is 51.5 Å². The summed E-state index contributed by atoms with van der Waals surface area (Å²) in [6.45, 7) is 6.45. The molecule has 0 radical (unpaired) electrons. The van der Waals surface area contributed by atoms with Crippen LogP contribution in [-0.4, -0.2) is 14.8 Å². The number of rotatable bonds is 3. The quantitative estimate of drug-likeness (QED) is 0.784. The fraction of sp³-hybridized carbons (Fsp3) is 0.429. The minimum Gasteiger partial charge on any atom is -0.309 e. The largest absolute Gasteiger partial charge is 0.309 e. The number of aromatic nitrogens is 3. The number of hydrogen-bond donors (Lipinski definition) is 0. The minimum absolute atomic E-state index is 0.0524. The van der Waals surface area contributed by atoms with Crippen molar-refractivity contribution in [3.8, 4) is 0 Å². The number of nitrogens with zero attached hydrogens (tertiary/aromatic N) is 3. The lowest BCUT2D eigenvalue weighted by molar-refractivity contribution is 0.375. The fourth-order valence-corrected chi connectivity index (χ4v) is 2.71. The second-order valence-corrected chi connectivity index (χ2v) is 6.41. The van der Waals surface area contributed by atoms with E-state index in [0.29, 0.717) is 11.8 Å². The highest BCUT2D eigenvalue weighted by Crippen LogP contribution is 2.24. The molecule has 1 aromatic heterocycles. The smallest absolute Gasteiger partial charge is 0.144 e. The van der Waals surface area contributed by atoms with Gasteiger partial charge in [-0.2, -0.15) is 0 Å². The Hall–Kier alpha value is -0.870. The molecule has 0 atom stereocenters. The van der Waals surface area contributed by atoms with Crippen molar-refractivity contribution in [2.24, 2.45) is 0 Å². The van der Waals surface area contributed by atoms with E-state index in [-0.39, 0.29) is 5.54 Å². The van der Waals surface area contributed by atoms with E-state index in [9.17, 15) is 0 Å². The first-order valence-corrected chi connectivity index (χ1v) is 7.66. The number of alkyl halides is 1. The van der Waals surface area contributed by atoms with Crippen LogP contribution >= 0.6 is 27.5 Å². The molecule has 19 heavy (non-hydrogen) atoms. The van der Waals surface area contributed by atoms with Gasteiger partial charge in [0.1, 0.15) is 11.6 Å². The van der Waals surface area contributed by atoms with Crippen LogP contribution in [0.2, 0.25) is 5.02 Å². The van der Waals surface area contributed by atoms with Crippen molar-refractivity contribution in [2.45, 2.75) is 38.1 Å². The molecule has 0 N–H and O–H groups in total. The molecule has 0 amide bonds. The maximum absolute atomic E-state index is 6.21. The Bertz CT molecular complexity index is 572.